The molecule has 0 spiro atoms. The predicted octanol–water partition coefficient (Wildman–Crippen LogP) is 5.33. The summed E-state index contributed by atoms with van der Waals surface area (Å²) in [4.78, 5) is 16.1. The Morgan fingerprint density at radius 1 is 1.08 bits per heavy atom. The van der Waals surface area contributed by atoms with Crippen LogP contribution in [0.2, 0.25) is 5.02 Å². The molecule has 0 fully saturated rings. The van der Waals surface area contributed by atoms with Crippen molar-refractivity contribution in [3.63, 3.8) is 0 Å². The molecule has 1 heterocycles. The van der Waals surface area contributed by atoms with Crippen LogP contribution in [0, 0.1) is 0 Å². The van der Waals surface area contributed by atoms with Crippen molar-refractivity contribution in [2.75, 3.05) is 11.9 Å². The highest BCUT2D eigenvalue weighted by molar-refractivity contribution is 6.31. The number of nitrogens with one attached hydrogen (secondary N) is 1. The smallest absolute Gasteiger partial charge is 0.246 e. The molecule has 2 aromatic carbocycles. The Labute approximate surface area is 148 Å². The van der Waals surface area contributed by atoms with Crippen LogP contribution >= 0.6 is 11.6 Å². The Bertz CT molecular complexity index is 709. The van der Waals surface area contributed by atoms with Gasteiger partial charge in [-0.15, -0.1) is 0 Å². The normalized spacial score (nSPS) is 13.0. The van der Waals surface area contributed by atoms with Gasteiger partial charge in [0.15, 0.2) is 0 Å². The van der Waals surface area contributed by atoms with Crippen LogP contribution in [0.4, 0.5) is 5.69 Å². The van der Waals surface area contributed by atoms with E-state index in [0.717, 1.165) is 22.5 Å². The molecule has 2 aromatic rings. The van der Waals surface area contributed by atoms with Gasteiger partial charge in [0.25, 0.3) is 0 Å². The monoisotopic (exact) mass is 342 g/mol. The number of benzodiazepines with no additional fused rings is 1. The average molecular weight is 343 g/mol. The lowest BCUT2D eigenvalue weighted by Crippen LogP contribution is -2.13. The molecule has 3 nitrogen and oxygen atoms in total. The first-order valence-electron chi connectivity index (χ1n) is 8.35. The number of anilines is 1. The number of amides is 1. The first kappa shape index (κ1) is 18.2. The fraction of sp³-hybridized carbons (Fsp3) is 0.300. The minimum atomic E-state index is -0.116. The first-order valence-corrected chi connectivity index (χ1v) is 8.73. The lowest BCUT2D eigenvalue weighted by molar-refractivity contribution is -0.114. The molecule has 4 heteroatoms. The number of aliphatic imine (C=N–C) groups is 1. The average Bonchev–Trinajstić information content (AvgIpc) is 2.75. The van der Waals surface area contributed by atoms with Crippen molar-refractivity contribution >= 4 is 28.9 Å². The Balaban J connectivity index is 0.000000368. The Morgan fingerprint density at radius 3 is 2.42 bits per heavy atom. The van der Waals surface area contributed by atoms with Crippen molar-refractivity contribution in [1.29, 1.82) is 0 Å². The molecule has 24 heavy (non-hydrogen) atoms. The van der Waals surface area contributed by atoms with Crippen molar-refractivity contribution in [2.24, 2.45) is 4.99 Å². The van der Waals surface area contributed by atoms with Gasteiger partial charge in [0.05, 0.1) is 11.4 Å². The lowest BCUT2D eigenvalue weighted by Gasteiger charge is -2.10. The molecule has 0 unspecified atom stereocenters. The summed E-state index contributed by atoms with van der Waals surface area (Å²) in [5.41, 5.74) is 3.36. The summed E-state index contributed by atoms with van der Waals surface area (Å²) < 4.78 is 0. The van der Waals surface area contributed by atoms with Gasteiger partial charge in [0.1, 0.15) is 6.54 Å². The molecule has 0 aromatic heterocycles. The number of fused-ring (bicyclic) bond motifs is 1. The van der Waals surface area contributed by atoms with Crippen LogP contribution in [0.3, 0.4) is 0 Å². The van der Waals surface area contributed by atoms with Gasteiger partial charge in [-0.05, 0) is 18.2 Å². The maximum absolute atomic E-state index is 11.7. The number of carbonyl (C=O) groups excluding carboxylic acids is 1. The van der Waals surface area contributed by atoms with Gasteiger partial charge in [-0.3, -0.25) is 9.79 Å². The molecule has 0 bridgehead atoms. The van der Waals surface area contributed by atoms with Gasteiger partial charge in [-0.2, -0.15) is 0 Å². The van der Waals surface area contributed by atoms with Gasteiger partial charge in [0, 0.05) is 16.1 Å². The second-order valence-corrected chi connectivity index (χ2v) is 6.06. The summed E-state index contributed by atoms with van der Waals surface area (Å²) in [6.45, 7) is 4.55. The van der Waals surface area contributed by atoms with Crippen LogP contribution in [-0.2, 0) is 4.79 Å². The lowest BCUT2D eigenvalue weighted by atomic mass is 10.0. The molecular weight excluding hydrogens is 320 g/mol. The van der Waals surface area contributed by atoms with Gasteiger partial charge in [0.2, 0.25) is 5.91 Å². The van der Waals surface area contributed by atoms with E-state index in [2.05, 4.69) is 24.2 Å². The van der Waals surface area contributed by atoms with Crippen molar-refractivity contribution < 1.29 is 4.79 Å². The van der Waals surface area contributed by atoms with E-state index < -0.39 is 0 Å². The van der Waals surface area contributed by atoms with Crippen LogP contribution in [0.5, 0.6) is 0 Å². The molecule has 0 saturated heterocycles. The molecule has 1 N–H and O–H groups in total. The maximum Gasteiger partial charge on any atom is 0.246 e. The molecule has 0 saturated carbocycles. The molecule has 1 amide bonds. The van der Waals surface area contributed by atoms with Crippen LogP contribution in [0.1, 0.15) is 44.2 Å². The minimum Gasteiger partial charge on any atom is -0.324 e. The number of halogens is 1. The zero-order valence-electron chi connectivity index (χ0n) is 14.2. The highest BCUT2D eigenvalue weighted by atomic mass is 35.5. The van der Waals surface area contributed by atoms with E-state index >= 15 is 0 Å². The number of hydrogen-bond donors (Lipinski definition) is 1. The van der Waals surface area contributed by atoms with E-state index in [1.807, 2.05) is 36.4 Å². The number of hydrogen-bond acceptors (Lipinski definition) is 2. The SMILES string of the molecule is CCCCC.O=C1CN=C(c2ccccc2)c2cc(Cl)ccc2N1. The molecule has 126 valence electrons. The summed E-state index contributed by atoms with van der Waals surface area (Å²) in [6, 6.07) is 15.2. The summed E-state index contributed by atoms with van der Waals surface area (Å²) >= 11 is 6.05. The highest BCUT2D eigenvalue weighted by Gasteiger charge is 2.17. The van der Waals surface area contributed by atoms with E-state index in [0.29, 0.717) is 5.02 Å². The van der Waals surface area contributed by atoms with Crippen LogP contribution in [0.25, 0.3) is 0 Å². The van der Waals surface area contributed by atoms with Crippen molar-refractivity contribution in [1.82, 2.24) is 0 Å². The van der Waals surface area contributed by atoms with E-state index in [1.165, 1.54) is 19.3 Å². The standard InChI is InChI=1S/C15H11ClN2O.C5H12/c16-11-6-7-13-12(8-11)15(17-9-14(19)18-13)10-4-2-1-3-5-10;1-3-5-4-2/h1-8H,9H2,(H,18,19);3-5H2,1-2H3. The topological polar surface area (TPSA) is 41.5 Å². The third-order valence-corrected chi connectivity index (χ3v) is 3.88. The van der Waals surface area contributed by atoms with Gasteiger partial charge < -0.3 is 5.32 Å². The molecule has 3 rings (SSSR count). The van der Waals surface area contributed by atoms with Gasteiger partial charge >= 0.3 is 0 Å². The zero-order valence-corrected chi connectivity index (χ0v) is 14.9. The van der Waals surface area contributed by atoms with Crippen molar-refractivity contribution in [3.05, 3.63) is 64.7 Å². The van der Waals surface area contributed by atoms with Crippen molar-refractivity contribution in [3.8, 4) is 0 Å². The molecule has 1 aliphatic heterocycles. The largest absolute Gasteiger partial charge is 0.324 e. The minimum absolute atomic E-state index is 0.116. The number of benzene rings is 2. The summed E-state index contributed by atoms with van der Waals surface area (Å²) in [6.07, 6.45) is 4.08. The van der Waals surface area contributed by atoms with Crippen LogP contribution in [-0.4, -0.2) is 18.2 Å². The third-order valence-electron chi connectivity index (χ3n) is 3.65. The molecule has 0 aliphatic carbocycles. The molecular formula is C20H23ClN2O. The fourth-order valence-electron chi connectivity index (χ4n) is 2.44. The summed E-state index contributed by atoms with van der Waals surface area (Å²) in [5.74, 6) is -0.116. The highest BCUT2D eigenvalue weighted by Crippen LogP contribution is 2.25. The zero-order chi connectivity index (χ0) is 17.4. The molecule has 0 radical (unpaired) electrons. The number of rotatable bonds is 3. The Morgan fingerprint density at radius 2 is 1.79 bits per heavy atom. The van der Waals surface area contributed by atoms with E-state index in [9.17, 15) is 4.79 Å². The second-order valence-electron chi connectivity index (χ2n) is 5.62. The van der Waals surface area contributed by atoms with E-state index in [4.69, 9.17) is 11.6 Å². The fourth-order valence-corrected chi connectivity index (χ4v) is 2.62. The number of nitrogens with zero attached hydrogens (tertiary/aromatic N) is 1. The van der Waals surface area contributed by atoms with E-state index in [1.54, 1.807) is 12.1 Å². The van der Waals surface area contributed by atoms with Gasteiger partial charge in [-0.1, -0.05) is 75.0 Å². The predicted molar refractivity (Wildman–Crippen MR) is 102 cm³/mol. The number of carbonyl (C=O) groups is 1. The molecule has 0 atom stereocenters. The third kappa shape index (κ3) is 4.93. The van der Waals surface area contributed by atoms with Crippen molar-refractivity contribution in [2.45, 2.75) is 33.1 Å². The van der Waals surface area contributed by atoms with Gasteiger partial charge in [-0.25, -0.2) is 0 Å². The Hall–Kier alpha value is -2.13. The first-order chi connectivity index (χ1) is 11.7. The van der Waals surface area contributed by atoms with E-state index in [-0.39, 0.29) is 12.5 Å². The maximum atomic E-state index is 11.7. The molecule has 1 aliphatic rings. The number of unbranched alkanes of at least 4 members (excludes halogenated alkanes) is 2. The quantitative estimate of drug-likeness (QED) is 0.805. The van der Waals surface area contributed by atoms with Crippen LogP contribution < -0.4 is 5.32 Å². The summed E-state index contributed by atoms with van der Waals surface area (Å²) in [7, 11) is 0. The second kappa shape index (κ2) is 9.24. The Kier molecular flexibility index (Phi) is 7.01. The summed E-state index contributed by atoms with van der Waals surface area (Å²) in [5, 5.41) is 3.46. The van der Waals surface area contributed by atoms with Crippen LogP contribution in [0.15, 0.2) is 53.5 Å².